The van der Waals surface area contributed by atoms with E-state index in [-0.39, 0.29) is 18.7 Å². The van der Waals surface area contributed by atoms with Crippen molar-refractivity contribution in [2.45, 2.75) is 32.3 Å². The summed E-state index contributed by atoms with van der Waals surface area (Å²) in [6.45, 7) is 2.47. The van der Waals surface area contributed by atoms with Gasteiger partial charge in [-0.25, -0.2) is 4.79 Å². The third kappa shape index (κ3) is 3.30. The lowest BCUT2D eigenvalue weighted by molar-refractivity contribution is -0.154. The first kappa shape index (κ1) is 12.1. The third-order valence-corrected chi connectivity index (χ3v) is 3.02. The summed E-state index contributed by atoms with van der Waals surface area (Å²) in [5.74, 6) is -0.253. The van der Waals surface area contributed by atoms with E-state index in [0.29, 0.717) is 6.61 Å². The summed E-state index contributed by atoms with van der Waals surface area (Å²) in [7, 11) is 0. The van der Waals surface area contributed by atoms with Gasteiger partial charge in [-0.1, -0.05) is 24.3 Å². The fourth-order valence-corrected chi connectivity index (χ4v) is 2.17. The molecule has 0 fully saturated rings. The number of aryl methyl sites for hydroxylation is 1. The summed E-state index contributed by atoms with van der Waals surface area (Å²) in [6.07, 6.45) is 2.74. The zero-order chi connectivity index (χ0) is 12.1. The molecule has 1 aromatic carbocycles. The maximum Gasteiger partial charge on any atom is 0.332 e. The van der Waals surface area contributed by atoms with Gasteiger partial charge in [0, 0.05) is 13.0 Å². The van der Waals surface area contributed by atoms with Crippen LogP contribution in [0.3, 0.4) is 0 Å². The molecule has 1 aliphatic rings. The van der Waals surface area contributed by atoms with Gasteiger partial charge in [0.2, 0.25) is 0 Å². The van der Waals surface area contributed by atoms with Crippen molar-refractivity contribution in [1.29, 1.82) is 0 Å². The molecule has 0 bridgehead atoms. The second-order valence-corrected chi connectivity index (χ2v) is 4.26. The van der Waals surface area contributed by atoms with Gasteiger partial charge >= 0.3 is 5.97 Å². The summed E-state index contributed by atoms with van der Waals surface area (Å²) >= 11 is 0. The molecule has 0 heterocycles. The van der Waals surface area contributed by atoms with Crippen molar-refractivity contribution in [3.8, 4) is 0 Å². The molecule has 0 amide bonds. The Bertz CT molecular complexity index is 387. The number of ether oxygens (including phenoxy) is 2. The Labute approximate surface area is 102 Å². The minimum Gasteiger partial charge on any atom is -0.460 e. The van der Waals surface area contributed by atoms with Crippen LogP contribution in [0.1, 0.15) is 24.5 Å². The van der Waals surface area contributed by atoms with Crippen LogP contribution in [0.25, 0.3) is 0 Å². The first-order chi connectivity index (χ1) is 8.29. The third-order valence-electron chi connectivity index (χ3n) is 3.02. The highest BCUT2D eigenvalue weighted by molar-refractivity contribution is 5.71. The standard InChI is InChI=1S/C14H18O3/c1-2-16-10-14(15)17-13-8-7-11-5-3-4-6-12(11)9-13/h3-6,13H,2,7-10H2,1H3/t13-/m1/s1. The van der Waals surface area contributed by atoms with Crippen LogP contribution in [0, 0.1) is 0 Å². The number of hydrogen-bond acceptors (Lipinski definition) is 3. The molecule has 2 rings (SSSR count). The second kappa shape index (κ2) is 5.82. The van der Waals surface area contributed by atoms with Crippen molar-refractivity contribution in [3.05, 3.63) is 35.4 Å². The molecule has 0 unspecified atom stereocenters. The van der Waals surface area contributed by atoms with Crippen LogP contribution in [0.15, 0.2) is 24.3 Å². The lowest BCUT2D eigenvalue weighted by atomic mass is 9.90. The first-order valence-corrected chi connectivity index (χ1v) is 6.13. The molecule has 0 N–H and O–H groups in total. The van der Waals surface area contributed by atoms with Crippen molar-refractivity contribution in [3.63, 3.8) is 0 Å². The topological polar surface area (TPSA) is 35.5 Å². The zero-order valence-corrected chi connectivity index (χ0v) is 10.1. The van der Waals surface area contributed by atoms with E-state index in [1.807, 2.05) is 13.0 Å². The summed E-state index contributed by atoms with van der Waals surface area (Å²) < 4.78 is 10.4. The highest BCUT2D eigenvalue weighted by Gasteiger charge is 2.21. The van der Waals surface area contributed by atoms with E-state index in [9.17, 15) is 4.79 Å². The van der Waals surface area contributed by atoms with Crippen molar-refractivity contribution < 1.29 is 14.3 Å². The Hall–Kier alpha value is -1.35. The van der Waals surface area contributed by atoms with Crippen molar-refractivity contribution >= 4 is 5.97 Å². The maximum absolute atomic E-state index is 11.4. The lowest BCUT2D eigenvalue weighted by Crippen LogP contribution is -2.27. The fraction of sp³-hybridized carbons (Fsp3) is 0.500. The van der Waals surface area contributed by atoms with Gasteiger partial charge in [-0.3, -0.25) is 0 Å². The Morgan fingerprint density at radius 2 is 2.12 bits per heavy atom. The van der Waals surface area contributed by atoms with E-state index >= 15 is 0 Å². The van der Waals surface area contributed by atoms with Gasteiger partial charge in [0.05, 0.1) is 0 Å². The van der Waals surface area contributed by atoms with Gasteiger partial charge in [0.1, 0.15) is 12.7 Å². The molecule has 1 aliphatic carbocycles. The molecule has 1 aromatic rings. The van der Waals surface area contributed by atoms with Crippen LogP contribution in [0.2, 0.25) is 0 Å². The highest BCUT2D eigenvalue weighted by atomic mass is 16.6. The maximum atomic E-state index is 11.4. The van der Waals surface area contributed by atoms with E-state index in [0.717, 1.165) is 19.3 Å². The average Bonchev–Trinajstić information content (AvgIpc) is 2.36. The molecule has 0 saturated heterocycles. The molecule has 3 nitrogen and oxygen atoms in total. The predicted octanol–water partition coefficient (Wildman–Crippen LogP) is 2.12. The summed E-state index contributed by atoms with van der Waals surface area (Å²) in [5, 5.41) is 0. The van der Waals surface area contributed by atoms with Crippen LogP contribution >= 0.6 is 0 Å². The van der Waals surface area contributed by atoms with E-state index in [1.54, 1.807) is 0 Å². The molecule has 92 valence electrons. The van der Waals surface area contributed by atoms with E-state index in [2.05, 4.69) is 18.2 Å². The Kier molecular flexibility index (Phi) is 4.15. The van der Waals surface area contributed by atoms with Crippen LogP contribution in [-0.2, 0) is 27.1 Å². The van der Waals surface area contributed by atoms with Gasteiger partial charge in [-0.15, -0.1) is 0 Å². The smallest absolute Gasteiger partial charge is 0.332 e. The number of benzene rings is 1. The van der Waals surface area contributed by atoms with Crippen LogP contribution in [0.5, 0.6) is 0 Å². The monoisotopic (exact) mass is 234 g/mol. The van der Waals surface area contributed by atoms with Gasteiger partial charge in [-0.2, -0.15) is 0 Å². The van der Waals surface area contributed by atoms with Crippen molar-refractivity contribution in [1.82, 2.24) is 0 Å². The average molecular weight is 234 g/mol. The zero-order valence-electron chi connectivity index (χ0n) is 10.1. The normalized spacial score (nSPS) is 18.5. The van der Waals surface area contributed by atoms with E-state index < -0.39 is 0 Å². The fourth-order valence-electron chi connectivity index (χ4n) is 2.17. The molecule has 0 aliphatic heterocycles. The van der Waals surface area contributed by atoms with Crippen LogP contribution in [-0.4, -0.2) is 25.3 Å². The first-order valence-electron chi connectivity index (χ1n) is 6.13. The Morgan fingerprint density at radius 1 is 1.35 bits per heavy atom. The molecule has 0 aromatic heterocycles. The molecular formula is C14H18O3. The molecule has 0 radical (unpaired) electrons. The summed E-state index contributed by atoms with van der Waals surface area (Å²) in [5.41, 5.74) is 2.68. The van der Waals surface area contributed by atoms with Gasteiger partial charge in [0.25, 0.3) is 0 Å². The number of fused-ring (bicyclic) bond motifs is 1. The number of carbonyl (C=O) groups is 1. The Morgan fingerprint density at radius 3 is 2.88 bits per heavy atom. The van der Waals surface area contributed by atoms with Gasteiger partial charge in [-0.05, 0) is 30.9 Å². The molecule has 1 atom stereocenters. The minimum atomic E-state index is -0.253. The molecular weight excluding hydrogens is 216 g/mol. The van der Waals surface area contributed by atoms with Crippen molar-refractivity contribution in [2.24, 2.45) is 0 Å². The highest BCUT2D eigenvalue weighted by Crippen LogP contribution is 2.22. The minimum absolute atomic E-state index is 0.0119. The van der Waals surface area contributed by atoms with E-state index in [4.69, 9.17) is 9.47 Å². The number of esters is 1. The number of hydrogen-bond donors (Lipinski definition) is 0. The van der Waals surface area contributed by atoms with Crippen LogP contribution < -0.4 is 0 Å². The largest absolute Gasteiger partial charge is 0.460 e. The van der Waals surface area contributed by atoms with Crippen molar-refractivity contribution in [2.75, 3.05) is 13.2 Å². The number of rotatable bonds is 4. The number of carbonyl (C=O) groups excluding carboxylic acids is 1. The molecule has 3 heteroatoms. The summed E-state index contributed by atoms with van der Waals surface area (Å²) in [4.78, 5) is 11.4. The molecule has 0 spiro atoms. The predicted molar refractivity (Wildman–Crippen MR) is 64.8 cm³/mol. The van der Waals surface area contributed by atoms with Gasteiger partial charge < -0.3 is 9.47 Å². The quantitative estimate of drug-likeness (QED) is 0.749. The van der Waals surface area contributed by atoms with Crippen LogP contribution in [0.4, 0.5) is 0 Å². The SMILES string of the molecule is CCOCC(=O)O[C@@H]1CCc2ccccc2C1. The van der Waals surface area contributed by atoms with Gasteiger partial charge in [0.15, 0.2) is 0 Å². The Balaban J connectivity index is 1.88. The molecule has 0 saturated carbocycles. The second-order valence-electron chi connectivity index (χ2n) is 4.26. The van der Waals surface area contributed by atoms with E-state index in [1.165, 1.54) is 11.1 Å². The lowest BCUT2D eigenvalue weighted by Gasteiger charge is -2.24. The molecule has 17 heavy (non-hydrogen) atoms. The summed E-state index contributed by atoms with van der Waals surface area (Å²) in [6, 6.07) is 8.34.